The lowest BCUT2D eigenvalue weighted by atomic mass is 10.4. The zero-order valence-electron chi connectivity index (χ0n) is 6.78. The van der Waals surface area contributed by atoms with Crippen molar-refractivity contribution < 1.29 is 5.11 Å². The van der Waals surface area contributed by atoms with Gasteiger partial charge in [-0.15, -0.1) is 0 Å². The minimum absolute atomic E-state index is 0.366. The van der Waals surface area contributed by atoms with Crippen molar-refractivity contribution in [2.24, 2.45) is 0 Å². The number of unbranched alkanes of at least 4 members (excludes halogenated alkanes) is 1. The highest BCUT2D eigenvalue weighted by Crippen LogP contribution is 2.11. The maximum atomic E-state index is 8.48. The SMILES string of the molecule is C[Si](C)(C)CCCCO. The van der Waals surface area contributed by atoms with Crippen LogP contribution in [0.25, 0.3) is 0 Å². The van der Waals surface area contributed by atoms with E-state index in [0.29, 0.717) is 6.61 Å². The highest BCUT2D eigenvalue weighted by molar-refractivity contribution is 6.76. The molecule has 0 amide bonds. The third-order valence-corrected chi connectivity index (χ3v) is 3.19. The van der Waals surface area contributed by atoms with E-state index >= 15 is 0 Å². The molecule has 0 aliphatic heterocycles. The van der Waals surface area contributed by atoms with Crippen molar-refractivity contribution in [3.63, 3.8) is 0 Å². The van der Waals surface area contributed by atoms with Crippen LogP contribution in [-0.2, 0) is 0 Å². The summed E-state index contributed by atoms with van der Waals surface area (Å²) < 4.78 is 0. The van der Waals surface area contributed by atoms with Crippen molar-refractivity contribution in [2.75, 3.05) is 6.61 Å². The van der Waals surface area contributed by atoms with Crippen molar-refractivity contribution in [3.8, 4) is 0 Å². The van der Waals surface area contributed by atoms with Crippen LogP contribution in [0.3, 0.4) is 0 Å². The summed E-state index contributed by atoms with van der Waals surface area (Å²) in [5.74, 6) is 0. The second kappa shape index (κ2) is 4.07. The van der Waals surface area contributed by atoms with Gasteiger partial charge in [0.2, 0.25) is 0 Å². The average molecular weight is 146 g/mol. The largest absolute Gasteiger partial charge is 0.396 e. The van der Waals surface area contributed by atoms with Crippen LogP contribution in [0.2, 0.25) is 25.7 Å². The maximum absolute atomic E-state index is 8.48. The Labute approximate surface area is 59.1 Å². The molecule has 0 spiro atoms. The molecule has 0 aromatic heterocycles. The lowest BCUT2D eigenvalue weighted by Gasteiger charge is -2.14. The Bertz CT molecular complexity index is 65.8. The van der Waals surface area contributed by atoms with Gasteiger partial charge in [-0.2, -0.15) is 0 Å². The van der Waals surface area contributed by atoms with Crippen LogP contribution in [0.4, 0.5) is 0 Å². The molecule has 1 nitrogen and oxygen atoms in total. The molecule has 9 heavy (non-hydrogen) atoms. The molecule has 0 heterocycles. The van der Waals surface area contributed by atoms with Gasteiger partial charge in [0, 0.05) is 14.7 Å². The normalized spacial score (nSPS) is 12.0. The Hall–Kier alpha value is 0.177. The van der Waals surface area contributed by atoms with Gasteiger partial charge in [0.15, 0.2) is 0 Å². The quantitative estimate of drug-likeness (QED) is 0.475. The van der Waals surface area contributed by atoms with E-state index in [4.69, 9.17) is 5.11 Å². The fourth-order valence-corrected chi connectivity index (χ4v) is 2.08. The van der Waals surface area contributed by atoms with E-state index in [1.807, 2.05) is 0 Å². The summed E-state index contributed by atoms with van der Waals surface area (Å²) in [7, 11) is -0.806. The van der Waals surface area contributed by atoms with Crippen LogP contribution in [-0.4, -0.2) is 19.8 Å². The fraction of sp³-hybridized carbons (Fsp3) is 1.00. The van der Waals surface area contributed by atoms with E-state index in [0.717, 1.165) is 6.42 Å². The van der Waals surface area contributed by atoms with E-state index in [1.54, 1.807) is 0 Å². The van der Waals surface area contributed by atoms with Gasteiger partial charge >= 0.3 is 0 Å². The average Bonchev–Trinajstić information content (AvgIpc) is 1.63. The molecule has 0 unspecified atom stereocenters. The Balaban J connectivity index is 3.07. The van der Waals surface area contributed by atoms with Gasteiger partial charge in [0.25, 0.3) is 0 Å². The first-order valence-electron chi connectivity index (χ1n) is 3.67. The molecule has 0 rings (SSSR count). The lowest BCUT2D eigenvalue weighted by molar-refractivity contribution is 0.287. The van der Waals surface area contributed by atoms with E-state index in [2.05, 4.69) is 19.6 Å². The van der Waals surface area contributed by atoms with Gasteiger partial charge in [-0.05, 0) is 6.42 Å². The summed E-state index contributed by atoms with van der Waals surface area (Å²) in [5, 5.41) is 8.48. The van der Waals surface area contributed by atoms with Crippen molar-refractivity contribution in [1.82, 2.24) is 0 Å². The van der Waals surface area contributed by atoms with E-state index in [-0.39, 0.29) is 0 Å². The summed E-state index contributed by atoms with van der Waals surface area (Å²) in [6.07, 6.45) is 2.20. The smallest absolute Gasteiger partial charge is 0.0442 e. The molecule has 0 aliphatic rings. The number of aliphatic hydroxyl groups excluding tert-OH is 1. The van der Waals surface area contributed by atoms with Crippen molar-refractivity contribution in [3.05, 3.63) is 0 Å². The van der Waals surface area contributed by atoms with Gasteiger partial charge in [0.05, 0.1) is 0 Å². The first kappa shape index (κ1) is 9.18. The molecule has 0 fully saturated rings. The molecule has 0 aliphatic carbocycles. The standard InChI is InChI=1S/C7H18OSi/c1-9(2,3)7-5-4-6-8/h8H,4-7H2,1-3H3. The maximum Gasteiger partial charge on any atom is 0.0442 e. The molecule has 0 bridgehead atoms. The van der Waals surface area contributed by atoms with Crippen molar-refractivity contribution in [1.29, 1.82) is 0 Å². The van der Waals surface area contributed by atoms with Crippen molar-refractivity contribution in [2.45, 2.75) is 38.5 Å². The Kier molecular flexibility index (Phi) is 4.15. The first-order valence-corrected chi connectivity index (χ1v) is 7.38. The van der Waals surface area contributed by atoms with Gasteiger partial charge in [-0.1, -0.05) is 32.1 Å². The molecule has 0 radical (unpaired) electrons. The summed E-state index contributed by atoms with van der Waals surface area (Å²) in [4.78, 5) is 0. The van der Waals surface area contributed by atoms with Gasteiger partial charge < -0.3 is 5.11 Å². The van der Waals surface area contributed by atoms with Gasteiger partial charge in [-0.25, -0.2) is 0 Å². The van der Waals surface area contributed by atoms with E-state index < -0.39 is 8.07 Å². The van der Waals surface area contributed by atoms with Gasteiger partial charge in [-0.3, -0.25) is 0 Å². The minimum Gasteiger partial charge on any atom is -0.396 e. The minimum atomic E-state index is -0.806. The fourth-order valence-electron chi connectivity index (χ4n) is 0.767. The zero-order valence-corrected chi connectivity index (χ0v) is 7.78. The topological polar surface area (TPSA) is 20.2 Å². The molecule has 0 saturated carbocycles. The highest BCUT2D eigenvalue weighted by atomic mass is 28.3. The molecular formula is C7H18OSi. The first-order chi connectivity index (χ1) is 4.06. The highest BCUT2D eigenvalue weighted by Gasteiger charge is 2.10. The predicted octanol–water partition coefficient (Wildman–Crippen LogP) is 2.10. The molecule has 0 aromatic carbocycles. The van der Waals surface area contributed by atoms with Crippen LogP contribution in [0, 0.1) is 0 Å². The van der Waals surface area contributed by atoms with E-state index in [9.17, 15) is 0 Å². The number of hydrogen-bond donors (Lipinski definition) is 1. The summed E-state index contributed by atoms with van der Waals surface area (Å²) >= 11 is 0. The summed E-state index contributed by atoms with van der Waals surface area (Å²) in [6, 6.07) is 1.35. The molecule has 0 aromatic rings. The zero-order chi connectivity index (χ0) is 7.33. The lowest BCUT2D eigenvalue weighted by Crippen LogP contribution is -2.18. The second-order valence-electron chi connectivity index (χ2n) is 3.74. The molecule has 2 heteroatoms. The van der Waals surface area contributed by atoms with Crippen LogP contribution >= 0.6 is 0 Å². The molecule has 0 atom stereocenters. The van der Waals surface area contributed by atoms with E-state index in [1.165, 1.54) is 12.5 Å². The van der Waals surface area contributed by atoms with Crippen LogP contribution in [0.15, 0.2) is 0 Å². The number of rotatable bonds is 4. The number of hydrogen-bond acceptors (Lipinski definition) is 1. The van der Waals surface area contributed by atoms with Crippen molar-refractivity contribution >= 4 is 8.07 Å². The molecule has 1 N–H and O–H groups in total. The molecular weight excluding hydrogens is 128 g/mol. The summed E-state index contributed by atoms with van der Waals surface area (Å²) in [5.41, 5.74) is 0. The summed E-state index contributed by atoms with van der Waals surface area (Å²) in [6.45, 7) is 7.46. The molecule has 56 valence electrons. The second-order valence-corrected chi connectivity index (χ2v) is 9.36. The third kappa shape index (κ3) is 8.18. The van der Waals surface area contributed by atoms with Crippen LogP contribution in [0.5, 0.6) is 0 Å². The van der Waals surface area contributed by atoms with Gasteiger partial charge in [0.1, 0.15) is 0 Å². The monoisotopic (exact) mass is 146 g/mol. The number of aliphatic hydroxyl groups is 1. The Morgan fingerprint density at radius 2 is 1.67 bits per heavy atom. The third-order valence-electron chi connectivity index (χ3n) is 1.33. The predicted molar refractivity (Wildman–Crippen MR) is 44.5 cm³/mol. The molecule has 0 saturated heterocycles. The Morgan fingerprint density at radius 3 is 2.00 bits per heavy atom. The Morgan fingerprint density at radius 1 is 1.11 bits per heavy atom. The van der Waals surface area contributed by atoms with Crippen LogP contribution in [0.1, 0.15) is 12.8 Å². The van der Waals surface area contributed by atoms with Crippen LogP contribution < -0.4 is 0 Å².